The molecule has 0 aliphatic carbocycles. The van der Waals surface area contributed by atoms with Gasteiger partial charge in [0, 0.05) is 20.6 Å². The second-order valence-electron chi connectivity index (χ2n) is 6.95. The molecule has 146 valence electrons. The molecule has 7 heteroatoms. The fourth-order valence-corrected chi connectivity index (χ4v) is 3.22. The Labute approximate surface area is 152 Å². The largest absolute Gasteiger partial charge is 0.494 e. The van der Waals surface area contributed by atoms with Crippen molar-refractivity contribution in [2.45, 2.75) is 31.9 Å². The van der Waals surface area contributed by atoms with E-state index in [1.54, 1.807) is 19.0 Å². The number of piperidine rings is 1. The van der Waals surface area contributed by atoms with Crippen LogP contribution in [0.3, 0.4) is 0 Å². The van der Waals surface area contributed by atoms with Gasteiger partial charge in [-0.15, -0.1) is 0 Å². The normalized spacial score (nSPS) is 18.6. The van der Waals surface area contributed by atoms with Crippen molar-refractivity contribution in [2.24, 2.45) is 5.92 Å². The Kier molecular flexibility index (Phi) is 7.32. The molecule has 0 aromatic heterocycles. The van der Waals surface area contributed by atoms with Crippen LogP contribution in [0.25, 0.3) is 0 Å². The van der Waals surface area contributed by atoms with E-state index >= 15 is 0 Å². The highest BCUT2D eigenvalue weighted by Crippen LogP contribution is 2.31. The van der Waals surface area contributed by atoms with Crippen LogP contribution in [0.5, 0.6) is 5.75 Å². The molecule has 1 atom stereocenters. The van der Waals surface area contributed by atoms with Crippen LogP contribution in [0.15, 0.2) is 24.3 Å². The molecule has 0 bridgehead atoms. The molecule has 1 saturated heterocycles. The lowest BCUT2D eigenvalue weighted by molar-refractivity contribution is -0.137. The van der Waals surface area contributed by atoms with Crippen LogP contribution in [-0.2, 0) is 11.0 Å². The van der Waals surface area contributed by atoms with Gasteiger partial charge in [0.1, 0.15) is 5.75 Å². The molecule has 0 spiro atoms. The molecular formula is C19H27F3N2O2. The van der Waals surface area contributed by atoms with Crippen molar-refractivity contribution < 1.29 is 22.7 Å². The van der Waals surface area contributed by atoms with E-state index in [0.717, 1.165) is 57.5 Å². The molecule has 4 nitrogen and oxygen atoms in total. The predicted molar refractivity (Wildman–Crippen MR) is 94.0 cm³/mol. The molecule has 1 heterocycles. The number of rotatable bonds is 7. The highest BCUT2D eigenvalue weighted by Gasteiger charge is 2.30. The lowest BCUT2D eigenvalue weighted by Gasteiger charge is -2.33. The van der Waals surface area contributed by atoms with Crippen molar-refractivity contribution in [1.29, 1.82) is 0 Å². The monoisotopic (exact) mass is 372 g/mol. The van der Waals surface area contributed by atoms with Gasteiger partial charge >= 0.3 is 6.18 Å². The van der Waals surface area contributed by atoms with Crippen LogP contribution in [0.1, 0.15) is 31.2 Å². The van der Waals surface area contributed by atoms with Crippen molar-refractivity contribution in [3.63, 3.8) is 0 Å². The molecule has 1 aromatic carbocycles. The molecule has 26 heavy (non-hydrogen) atoms. The molecule has 1 aliphatic heterocycles. The third kappa shape index (κ3) is 6.20. The number of carbonyl (C=O) groups is 1. The molecule has 1 amide bonds. The number of amides is 1. The summed E-state index contributed by atoms with van der Waals surface area (Å²) in [6.45, 7) is 3.04. The minimum absolute atomic E-state index is 0.0695. The quantitative estimate of drug-likeness (QED) is 0.685. The Morgan fingerprint density at radius 2 is 2.08 bits per heavy atom. The van der Waals surface area contributed by atoms with Crippen molar-refractivity contribution in [3.05, 3.63) is 29.8 Å². The highest BCUT2D eigenvalue weighted by molar-refractivity contribution is 5.78. The number of benzene rings is 1. The minimum Gasteiger partial charge on any atom is -0.494 e. The third-order valence-electron chi connectivity index (χ3n) is 4.59. The molecule has 1 unspecified atom stereocenters. The molecule has 1 aliphatic rings. The maximum absolute atomic E-state index is 12.7. The Bertz CT molecular complexity index is 590. The summed E-state index contributed by atoms with van der Waals surface area (Å²) >= 11 is 0. The Balaban J connectivity index is 1.68. The summed E-state index contributed by atoms with van der Waals surface area (Å²) in [4.78, 5) is 16.0. The van der Waals surface area contributed by atoms with Crippen LogP contribution in [-0.4, -0.2) is 56.0 Å². The average Bonchev–Trinajstić information content (AvgIpc) is 2.60. The topological polar surface area (TPSA) is 32.8 Å². The summed E-state index contributed by atoms with van der Waals surface area (Å²) in [6, 6.07) is 4.96. The van der Waals surface area contributed by atoms with E-state index in [1.165, 1.54) is 12.1 Å². The van der Waals surface area contributed by atoms with Crippen LogP contribution in [0.4, 0.5) is 13.2 Å². The number of halogens is 3. The number of alkyl halides is 3. The summed E-state index contributed by atoms with van der Waals surface area (Å²) < 4.78 is 43.4. The lowest BCUT2D eigenvalue weighted by Crippen LogP contribution is -2.42. The van der Waals surface area contributed by atoms with Gasteiger partial charge in [0.2, 0.25) is 5.91 Å². The number of unbranched alkanes of at least 4 members (excludes halogenated alkanes) is 1. The van der Waals surface area contributed by atoms with E-state index in [-0.39, 0.29) is 17.6 Å². The van der Waals surface area contributed by atoms with E-state index in [9.17, 15) is 18.0 Å². The van der Waals surface area contributed by atoms with Crippen LogP contribution < -0.4 is 4.74 Å². The van der Waals surface area contributed by atoms with E-state index in [2.05, 4.69) is 4.90 Å². The first kappa shape index (κ1) is 20.6. The first-order valence-corrected chi connectivity index (χ1v) is 9.01. The van der Waals surface area contributed by atoms with Crippen molar-refractivity contribution in [2.75, 3.05) is 40.3 Å². The highest BCUT2D eigenvalue weighted by atomic mass is 19.4. The van der Waals surface area contributed by atoms with Gasteiger partial charge in [-0.25, -0.2) is 0 Å². The standard InChI is InChI=1S/C19H27F3N2O2/c1-23(2)18(25)15-7-6-11-24(14-15)10-3-4-12-26-17-9-5-8-16(13-17)19(20,21)22/h5,8-9,13,15H,3-4,6-7,10-12,14H2,1-2H3. The fraction of sp³-hybridized carbons (Fsp3) is 0.632. The SMILES string of the molecule is CN(C)C(=O)C1CCCN(CCCCOc2cccc(C(F)(F)F)c2)C1. The first-order valence-electron chi connectivity index (χ1n) is 9.01. The van der Waals surface area contributed by atoms with Gasteiger partial charge in [0.05, 0.1) is 18.1 Å². The molecule has 0 saturated carbocycles. The third-order valence-corrected chi connectivity index (χ3v) is 4.59. The Hall–Kier alpha value is -1.76. The van der Waals surface area contributed by atoms with Crippen LogP contribution in [0, 0.1) is 5.92 Å². The van der Waals surface area contributed by atoms with E-state index < -0.39 is 11.7 Å². The summed E-state index contributed by atoms with van der Waals surface area (Å²) in [5.41, 5.74) is -0.695. The molecule has 1 aromatic rings. The zero-order valence-electron chi connectivity index (χ0n) is 15.4. The molecule has 2 rings (SSSR count). The van der Waals surface area contributed by atoms with E-state index in [4.69, 9.17) is 4.74 Å². The lowest BCUT2D eigenvalue weighted by atomic mass is 9.96. The Morgan fingerprint density at radius 3 is 2.77 bits per heavy atom. The van der Waals surface area contributed by atoms with Crippen LogP contribution in [0.2, 0.25) is 0 Å². The van der Waals surface area contributed by atoms with Gasteiger partial charge in [0.15, 0.2) is 0 Å². The molecule has 0 radical (unpaired) electrons. The van der Waals surface area contributed by atoms with E-state index in [0.29, 0.717) is 6.61 Å². The number of hydrogen-bond donors (Lipinski definition) is 0. The zero-order chi connectivity index (χ0) is 19.2. The molecule has 0 N–H and O–H groups in total. The van der Waals surface area contributed by atoms with Gasteiger partial charge in [-0.3, -0.25) is 4.79 Å². The molecular weight excluding hydrogens is 345 g/mol. The first-order chi connectivity index (χ1) is 12.3. The van der Waals surface area contributed by atoms with Gasteiger partial charge in [-0.2, -0.15) is 13.2 Å². The maximum atomic E-state index is 12.7. The second-order valence-corrected chi connectivity index (χ2v) is 6.95. The number of hydrogen-bond acceptors (Lipinski definition) is 3. The van der Waals surface area contributed by atoms with Crippen molar-refractivity contribution in [3.8, 4) is 5.75 Å². The smallest absolute Gasteiger partial charge is 0.416 e. The fourth-order valence-electron chi connectivity index (χ4n) is 3.22. The van der Waals surface area contributed by atoms with Crippen LogP contribution >= 0.6 is 0 Å². The van der Waals surface area contributed by atoms with E-state index in [1.807, 2.05) is 0 Å². The second kappa shape index (κ2) is 9.26. The minimum atomic E-state index is -4.35. The summed E-state index contributed by atoms with van der Waals surface area (Å²) in [7, 11) is 3.57. The zero-order valence-corrected chi connectivity index (χ0v) is 15.4. The predicted octanol–water partition coefficient (Wildman–Crippen LogP) is 3.66. The number of carbonyl (C=O) groups excluding carboxylic acids is 1. The summed E-state index contributed by atoms with van der Waals surface area (Å²) in [6.07, 6.45) is -0.744. The van der Waals surface area contributed by atoms with Crippen molar-refractivity contribution >= 4 is 5.91 Å². The van der Waals surface area contributed by atoms with Gasteiger partial charge < -0.3 is 14.5 Å². The molecule has 1 fully saturated rings. The van der Waals surface area contributed by atoms with Gasteiger partial charge in [-0.05, 0) is 57.0 Å². The maximum Gasteiger partial charge on any atom is 0.416 e. The number of nitrogens with zero attached hydrogens (tertiary/aromatic N) is 2. The Morgan fingerprint density at radius 1 is 1.31 bits per heavy atom. The van der Waals surface area contributed by atoms with Crippen molar-refractivity contribution in [1.82, 2.24) is 9.80 Å². The summed E-state index contributed by atoms with van der Waals surface area (Å²) in [5, 5.41) is 0. The van der Waals surface area contributed by atoms with Gasteiger partial charge in [0.25, 0.3) is 0 Å². The average molecular weight is 372 g/mol. The number of likely N-dealkylation sites (tertiary alicyclic amines) is 1. The van der Waals surface area contributed by atoms with Gasteiger partial charge in [-0.1, -0.05) is 6.07 Å². The number of ether oxygens (including phenoxy) is 1. The summed E-state index contributed by atoms with van der Waals surface area (Å²) in [5.74, 6) is 0.497.